The van der Waals surface area contributed by atoms with E-state index in [1.165, 1.54) is 63.8 Å². The topological polar surface area (TPSA) is 274 Å². The molecular weight excluding hydrogens is 756 g/mol. The molecule has 57 heavy (non-hydrogen) atoms. The predicted molar refractivity (Wildman–Crippen MR) is 195 cm³/mol. The summed E-state index contributed by atoms with van der Waals surface area (Å²) in [6.07, 6.45) is -12.9. The van der Waals surface area contributed by atoms with Crippen molar-refractivity contribution in [3.8, 4) is 34.3 Å². The van der Waals surface area contributed by atoms with E-state index in [9.17, 15) is 50.4 Å². The van der Waals surface area contributed by atoms with Crippen LogP contribution in [0.5, 0.6) is 23.0 Å². The summed E-state index contributed by atoms with van der Waals surface area (Å²) in [4.78, 5) is 26.1. The molecule has 2 fully saturated rings. The highest BCUT2D eigenvalue weighted by molar-refractivity contribution is 5.87. The lowest BCUT2D eigenvalue weighted by atomic mass is 9.80. The van der Waals surface area contributed by atoms with Gasteiger partial charge in [-0.15, -0.1) is 0 Å². The first-order valence-electron chi connectivity index (χ1n) is 17.8. The first kappa shape index (κ1) is 41.6. The Hall–Kier alpha value is -5.02. The number of methoxy groups -OCH3 is 3. The number of aromatic hydroxyl groups is 2. The van der Waals surface area contributed by atoms with Crippen LogP contribution >= 0.6 is 0 Å². The Bertz CT molecular complexity index is 1980. The lowest BCUT2D eigenvalue weighted by molar-refractivity contribution is -0.344. The summed E-state index contributed by atoms with van der Waals surface area (Å²) in [6, 6.07) is 10.2. The smallest absolute Gasteiger partial charge is 0.330 e. The molecule has 11 atom stereocenters. The maximum absolute atomic E-state index is 13.5. The number of ether oxygens (including phenoxy) is 7. The Labute approximate surface area is 324 Å². The van der Waals surface area contributed by atoms with Crippen molar-refractivity contribution < 1.29 is 83.2 Å². The number of esters is 1. The van der Waals surface area contributed by atoms with Gasteiger partial charge in [-0.2, -0.15) is 0 Å². The second kappa shape index (κ2) is 17.6. The number of aliphatic hydroxyl groups is 6. The Morgan fingerprint density at radius 1 is 0.842 bits per heavy atom. The molecule has 1 aliphatic carbocycles. The maximum atomic E-state index is 13.5. The van der Waals surface area contributed by atoms with Crippen LogP contribution in [0.15, 0.2) is 63.5 Å². The van der Waals surface area contributed by atoms with Gasteiger partial charge in [0.25, 0.3) is 0 Å². The van der Waals surface area contributed by atoms with Crippen LogP contribution in [0, 0.1) is 5.92 Å². The Kier molecular flexibility index (Phi) is 12.9. The monoisotopic (exact) mass is 800 g/mol. The quantitative estimate of drug-likeness (QED) is 0.0872. The highest BCUT2D eigenvalue weighted by atomic mass is 16.7. The van der Waals surface area contributed by atoms with Crippen LogP contribution in [0.2, 0.25) is 0 Å². The van der Waals surface area contributed by atoms with Gasteiger partial charge in [0, 0.05) is 35.3 Å². The van der Waals surface area contributed by atoms with E-state index in [2.05, 4.69) is 0 Å². The molecule has 0 radical (unpaired) electrons. The minimum Gasteiger partial charge on any atom is -0.508 e. The van der Waals surface area contributed by atoms with Gasteiger partial charge in [-0.1, -0.05) is 0 Å². The van der Waals surface area contributed by atoms with Crippen molar-refractivity contribution in [3.63, 3.8) is 0 Å². The molecule has 1 aromatic heterocycles. The summed E-state index contributed by atoms with van der Waals surface area (Å²) in [6.45, 7) is -1.37. The van der Waals surface area contributed by atoms with E-state index in [1.54, 1.807) is 12.1 Å². The number of hydrogen-bond acceptors (Lipinski definition) is 18. The maximum Gasteiger partial charge on any atom is 0.330 e. The third kappa shape index (κ3) is 8.64. The number of hydrogen-bond donors (Lipinski definition) is 8. The highest BCUT2D eigenvalue weighted by Gasteiger charge is 2.53. The van der Waals surface area contributed by atoms with Crippen LogP contribution in [0.3, 0.4) is 0 Å². The largest absolute Gasteiger partial charge is 0.508 e. The third-order valence-corrected chi connectivity index (χ3v) is 10.1. The first-order valence-corrected chi connectivity index (χ1v) is 17.8. The molecule has 18 heteroatoms. The van der Waals surface area contributed by atoms with Gasteiger partial charge in [0.05, 0.1) is 34.0 Å². The summed E-state index contributed by atoms with van der Waals surface area (Å²) < 4.78 is 45.1. The number of carbonyl (C=O) groups is 1. The van der Waals surface area contributed by atoms with Crippen LogP contribution in [-0.4, -0.2) is 143 Å². The van der Waals surface area contributed by atoms with Crippen LogP contribution < -0.4 is 14.9 Å². The fourth-order valence-corrected chi connectivity index (χ4v) is 6.98. The van der Waals surface area contributed by atoms with E-state index < -0.39 is 91.8 Å². The summed E-state index contributed by atoms with van der Waals surface area (Å²) in [7, 11) is 4.03. The van der Waals surface area contributed by atoms with E-state index in [1.807, 2.05) is 0 Å². The van der Waals surface area contributed by atoms with Crippen molar-refractivity contribution in [2.45, 2.75) is 67.6 Å². The van der Waals surface area contributed by atoms with Crippen molar-refractivity contribution in [2.75, 3.05) is 34.5 Å². The number of rotatable bonds is 12. The van der Waals surface area contributed by atoms with Crippen molar-refractivity contribution >= 4 is 18.1 Å². The second-order valence-corrected chi connectivity index (χ2v) is 13.6. The molecule has 2 aliphatic heterocycles. The molecule has 0 spiro atoms. The normalized spacial score (nSPS) is 30.0. The summed E-state index contributed by atoms with van der Waals surface area (Å²) in [5.41, 5.74) is 0.717. The third-order valence-electron chi connectivity index (χ3n) is 10.1. The van der Waals surface area contributed by atoms with Gasteiger partial charge < -0.3 is 78.4 Å². The average molecular weight is 801 g/mol. The molecule has 3 aliphatic rings. The van der Waals surface area contributed by atoms with Gasteiger partial charge in [0.15, 0.2) is 23.2 Å². The zero-order valence-corrected chi connectivity index (χ0v) is 30.9. The van der Waals surface area contributed by atoms with Crippen LogP contribution in [-0.2, 0) is 34.9 Å². The molecule has 3 aromatic rings. The Balaban J connectivity index is 1.21. The van der Waals surface area contributed by atoms with Crippen LogP contribution in [0.1, 0.15) is 16.9 Å². The Morgan fingerprint density at radius 2 is 1.51 bits per heavy atom. The number of aliphatic hydroxyl groups excluding tert-OH is 6. The number of fused-ring (bicyclic) bond motifs is 1. The Morgan fingerprint density at radius 3 is 2.14 bits per heavy atom. The molecule has 6 rings (SSSR count). The molecule has 3 heterocycles. The fraction of sp³-hybridized carbons (Fsp3) is 0.436. The predicted octanol–water partition coefficient (Wildman–Crippen LogP) is -0.174. The lowest BCUT2D eigenvalue weighted by Gasteiger charge is -2.48. The molecule has 2 aromatic carbocycles. The van der Waals surface area contributed by atoms with Gasteiger partial charge in [0.2, 0.25) is 5.75 Å². The highest BCUT2D eigenvalue weighted by Crippen LogP contribution is 2.40. The van der Waals surface area contributed by atoms with Crippen molar-refractivity contribution in [1.82, 2.24) is 0 Å². The van der Waals surface area contributed by atoms with Gasteiger partial charge >= 0.3 is 5.97 Å². The van der Waals surface area contributed by atoms with Crippen molar-refractivity contribution in [1.29, 1.82) is 0 Å². The SMILES string of the molecule is COC1=Cc2oc(-c3ccc(O)cc3)cc(=O)c2C[C@H]1[C@@H]1O[C@H](CO)[C@@H](O)[C@H](O)[C@@H]1O[C@@H]1O[C@@H](COC(=O)C=Cc2cc(OC)c(O)c(OC)c2)[C@@H](O)[C@H](O)[C@H]1O. The molecule has 0 amide bonds. The number of benzene rings is 2. The molecule has 18 nitrogen and oxygen atoms in total. The van der Waals surface area contributed by atoms with Crippen molar-refractivity contribution in [2.24, 2.45) is 5.92 Å². The minimum absolute atomic E-state index is 0.0245. The molecule has 2 saturated heterocycles. The fourth-order valence-electron chi connectivity index (χ4n) is 6.98. The summed E-state index contributed by atoms with van der Waals surface area (Å²) in [5.74, 6) is -1.27. The summed E-state index contributed by atoms with van der Waals surface area (Å²) in [5, 5.41) is 84.5. The lowest BCUT2D eigenvalue weighted by Crippen LogP contribution is -2.65. The second-order valence-electron chi connectivity index (χ2n) is 13.6. The minimum atomic E-state index is -1.93. The molecule has 308 valence electrons. The molecule has 8 N–H and O–H groups in total. The number of phenols is 2. The first-order chi connectivity index (χ1) is 27.3. The van der Waals surface area contributed by atoms with Crippen molar-refractivity contribution in [3.05, 3.63) is 81.4 Å². The van der Waals surface area contributed by atoms with Gasteiger partial charge in [0.1, 0.15) is 78.5 Å². The van der Waals surface area contributed by atoms with Gasteiger partial charge in [-0.25, -0.2) is 4.79 Å². The van der Waals surface area contributed by atoms with Gasteiger partial charge in [-0.05, 0) is 54.5 Å². The van der Waals surface area contributed by atoms with E-state index in [0.717, 1.165) is 6.08 Å². The molecular formula is C39H44O18. The van der Waals surface area contributed by atoms with E-state index in [-0.39, 0.29) is 52.3 Å². The molecule has 0 unspecified atom stereocenters. The van der Waals surface area contributed by atoms with Gasteiger partial charge in [-0.3, -0.25) is 4.79 Å². The zero-order valence-electron chi connectivity index (χ0n) is 30.9. The molecule has 0 bridgehead atoms. The van der Waals surface area contributed by atoms with E-state index in [4.69, 9.17) is 37.6 Å². The van der Waals surface area contributed by atoms with Crippen LogP contribution in [0.4, 0.5) is 0 Å². The standard InChI is InChI=1S/C39H44O18/c1-50-24-14-25-20(22(42)13-23(54-25)18-5-7-19(41)8-6-18)12-21(24)37-38(35(48)32(45)28(15-40)55-37)57-39-36(49)34(47)33(46)29(56-39)16-53-30(43)9-4-17-10-26(51-2)31(44)27(11-17)52-3/h4-11,13-14,21,28-29,32-41,44-49H,12,15-16H2,1-3H3/t21-,28-,29+,32-,33-,34+,35+,36-,37+,38+,39+/m1/s1. The summed E-state index contributed by atoms with van der Waals surface area (Å²) >= 11 is 0. The molecule has 0 saturated carbocycles. The zero-order chi connectivity index (χ0) is 41.1. The number of carbonyl (C=O) groups excluding carboxylic acids is 1. The van der Waals surface area contributed by atoms with E-state index >= 15 is 0 Å². The average Bonchev–Trinajstić information content (AvgIpc) is 3.21. The van der Waals surface area contributed by atoms with Crippen LogP contribution in [0.25, 0.3) is 23.5 Å². The number of phenolic OH excluding ortho intramolecular Hbond substituents is 2. The van der Waals surface area contributed by atoms with E-state index in [0.29, 0.717) is 11.1 Å².